The summed E-state index contributed by atoms with van der Waals surface area (Å²) < 4.78 is 0. The van der Waals surface area contributed by atoms with Crippen molar-refractivity contribution in [2.24, 2.45) is 5.92 Å². The molecule has 2 aliphatic rings. The third-order valence-corrected chi connectivity index (χ3v) is 2.99. The lowest BCUT2D eigenvalue weighted by atomic mass is 9.97. The molecule has 4 heteroatoms. The average molecular weight is 197 g/mol. The van der Waals surface area contributed by atoms with E-state index in [9.17, 15) is 9.59 Å². The Labute approximate surface area is 83.2 Å². The van der Waals surface area contributed by atoms with Crippen molar-refractivity contribution in [1.82, 2.24) is 5.06 Å². The molecule has 1 saturated carbocycles. The Morgan fingerprint density at radius 2 is 2.36 bits per heavy atom. The van der Waals surface area contributed by atoms with Crippen LogP contribution < -0.4 is 0 Å². The van der Waals surface area contributed by atoms with E-state index in [0.29, 0.717) is 25.3 Å². The molecule has 1 unspecified atom stereocenters. The molecule has 1 aliphatic carbocycles. The summed E-state index contributed by atoms with van der Waals surface area (Å²) in [6.45, 7) is 2.38. The minimum atomic E-state index is -0.292. The standard InChI is InChI=1S/C10H15NO3/c1-10(8-3-4-8)7-9(13)11(14-10)5-2-6-12/h6,8H,2-5,7H2,1H3. The molecular formula is C10H15NO3. The van der Waals surface area contributed by atoms with Gasteiger partial charge in [-0.05, 0) is 25.7 Å². The van der Waals surface area contributed by atoms with Crippen molar-refractivity contribution in [3.8, 4) is 0 Å². The number of carbonyl (C=O) groups is 2. The van der Waals surface area contributed by atoms with E-state index >= 15 is 0 Å². The van der Waals surface area contributed by atoms with Gasteiger partial charge in [0, 0.05) is 6.42 Å². The fourth-order valence-electron chi connectivity index (χ4n) is 1.98. The van der Waals surface area contributed by atoms with Crippen LogP contribution in [0.5, 0.6) is 0 Å². The molecule has 78 valence electrons. The molecule has 1 atom stereocenters. The molecule has 2 rings (SSSR count). The summed E-state index contributed by atoms with van der Waals surface area (Å²) >= 11 is 0. The Morgan fingerprint density at radius 3 is 2.93 bits per heavy atom. The second-order valence-electron chi connectivity index (χ2n) is 4.31. The predicted octanol–water partition coefficient (Wildman–Crippen LogP) is 0.908. The van der Waals surface area contributed by atoms with E-state index in [1.54, 1.807) is 0 Å². The summed E-state index contributed by atoms with van der Waals surface area (Å²) in [4.78, 5) is 27.3. The summed E-state index contributed by atoms with van der Waals surface area (Å²) in [6, 6.07) is 0. The zero-order chi connectivity index (χ0) is 10.2. The van der Waals surface area contributed by atoms with Crippen molar-refractivity contribution in [1.29, 1.82) is 0 Å². The van der Waals surface area contributed by atoms with Gasteiger partial charge in [-0.1, -0.05) is 0 Å². The highest BCUT2D eigenvalue weighted by Crippen LogP contribution is 2.46. The van der Waals surface area contributed by atoms with Gasteiger partial charge in [-0.25, -0.2) is 5.06 Å². The van der Waals surface area contributed by atoms with Crippen molar-refractivity contribution in [2.45, 2.75) is 38.2 Å². The van der Waals surface area contributed by atoms with Gasteiger partial charge in [-0.3, -0.25) is 9.63 Å². The third kappa shape index (κ3) is 1.66. The lowest BCUT2D eigenvalue weighted by molar-refractivity contribution is -0.200. The molecule has 1 aliphatic heterocycles. The van der Waals surface area contributed by atoms with Crippen molar-refractivity contribution in [3.63, 3.8) is 0 Å². The van der Waals surface area contributed by atoms with Gasteiger partial charge >= 0.3 is 0 Å². The molecule has 2 fully saturated rings. The summed E-state index contributed by atoms with van der Waals surface area (Å²) in [7, 11) is 0. The second kappa shape index (κ2) is 3.35. The predicted molar refractivity (Wildman–Crippen MR) is 49.2 cm³/mol. The van der Waals surface area contributed by atoms with E-state index in [2.05, 4.69) is 0 Å². The van der Waals surface area contributed by atoms with E-state index in [4.69, 9.17) is 4.84 Å². The molecule has 0 N–H and O–H groups in total. The van der Waals surface area contributed by atoms with Crippen molar-refractivity contribution >= 4 is 12.2 Å². The highest BCUT2D eigenvalue weighted by Gasteiger charge is 2.50. The maximum absolute atomic E-state index is 11.5. The van der Waals surface area contributed by atoms with Crippen LogP contribution in [0.25, 0.3) is 0 Å². The molecule has 14 heavy (non-hydrogen) atoms. The Morgan fingerprint density at radius 1 is 1.64 bits per heavy atom. The maximum Gasteiger partial charge on any atom is 0.249 e. The van der Waals surface area contributed by atoms with Crippen LogP contribution in [0.4, 0.5) is 0 Å². The fraction of sp³-hybridized carbons (Fsp3) is 0.800. The maximum atomic E-state index is 11.5. The Kier molecular flexibility index (Phi) is 2.31. The largest absolute Gasteiger partial charge is 0.303 e. The Bertz CT molecular complexity index is 262. The van der Waals surface area contributed by atoms with E-state index in [0.717, 1.165) is 19.1 Å². The number of aldehydes is 1. The zero-order valence-electron chi connectivity index (χ0n) is 8.36. The first-order valence-electron chi connectivity index (χ1n) is 5.09. The van der Waals surface area contributed by atoms with E-state index in [1.807, 2.05) is 6.92 Å². The van der Waals surface area contributed by atoms with Gasteiger partial charge in [0.25, 0.3) is 0 Å². The van der Waals surface area contributed by atoms with Gasteiger partial charge in [0.2, 0.25) is 5.91 Å². The number of hydrogen-bond donors (Lipinski definition) is 0. The molecule has 1 amide bonds. The van der Waals surface area contributed by atoms with Gasteiger partial charge in [0.1, 0.15) is 11.9 Å². The fourth-order valence-corrected chi connectivity index (χ4v) is 1.98. The van der Waals surface area contributed by atoms with Crippen molar-refractivity contribution < 1.29 is 14.4 Å². The van der Waals surface area contributed by atoms with Crippen LogP contribution >= 0.6 is 0 Å². The van der Waals surface area contributed by atoms with Crippen LogP contribution in [0.1, 0.15) is 32.6 Å². The average Bonchev–Trinajstić information content (AvgIpc) is 2.92. The van der Waals surface area contributed by atoms with Gasteiger partial charge in [-0.2, -0.15) is 0 Å². The highest BCUT2D eigenvalue weighted by atomic mass is 16.7. The van der Waals surface area contributed by atoms with Crippen molar-refractivity contribution in [3.05, 3.63) is 0 Å². The van der Waals surface area contributed by atoms with Crippen LogP contribution in [-0.2, 0) is 14.4 Å². The molecule has 4 nitrogen and oxygen atoms in total. The minimum Gasteiger partial charge on any atom is -0.303 e. The van der Waals surface area contributed by atoms with E-state index in [-0.39, 0.29) is 11.5 Å². The topological polar surface area (TPSA) is 46.6 Å². The molecule has 0 bridgehead atoms. The summed E-state index contributed by atoms with van der Waals surface area (Å²) in [5.41, 5.74) is -0.292. The minimum absolute atomic E-state index is 0.0150. The molecule has 0 aromatic carbocycles. The molecule has 0 spiro atoms. The SMILES string of the molecule is CC1(C2CC2)CC(=O)N(CCC=O)O1. The Balaban J connectivity index is 1.95. The molecule has 0 radical (unpaired) electrons. The molecule has 1 heterocycles. The first-order chi connectivity index (χ1) is 6.65. The lowest BCUT2D eigenvalue weighted by Crippen LogP contribution is -2.30. The molecule has 1 saturated heterocycles. The second-order valence-corrected chi connectivity index (χ2v) is 4.31. The monoisotopic (exact) mass is 197 g/mol. The van der Waals surface area contributed by atoms with E-state index in [1.165, 1.54) is 5.06 Å². The van der Waals surface area contributed by atoms with Crippen LogP contribution in [-0.4, -0.2) is 29.4 Å². The number of amides is 1. The lowest BCUT2D eigenvalue weighted by Gasteiger charge is -2.23. The van der Waals surface area contributed by atoms with Crippen LogP contribution in [0.15, 0.2) is 0 Å². The van der Waals surface area contributed by atoms with Gasteiger partial charge in [0.05, 0.1) is 13.0 Å². The third-order valence-electron chi connectivity index (χ3n) is 2.99. The smallest absolute Gasteiger partial charge is 0.249 e. The van der Waals surface area contributed by atoms with E-state index < -0.39 is 0 Å². The summed E-state index contributed by atoms with van der Waals surface area (Å²) in [5, 5.41) is 1.35. The van der Waals surface area contributed by atoms with Crippen LogP contribution in [0, 0.1) is 5.92 Å². The zero-order valence-corrected chi connectivity index (χ0v) is 8.36. The van der Waals surface area contributed by atoms with Gasteiger partial charge in [-0.15, -0.1) is 0 Å². The van der Waals surface area contributed by atoms with Gasteiger partial charge < -0.3 is 4.79 Å². The number of rotatable bonds is 4. The first-order valence-corrected chi connectivity index (χ1v) is 5.09. The summed E-state index contributed by atoms with van der Waals surface area (Å²) in [5.74, 6) is 0.550. The Hall–Kier alpha value is -0.900. The van der Waals surface area contributed by atoms with Crippen LogP contribution in [0.2, 0.25) is 0 Å². The molecule has 0 aromatic heterocycles. The molecular weight excluding hydrogens is 182 g/mol. The quantitative estimate of drug-likeness (QED) is 0.629. The number of carbonyl (C=O) groups excluding carboxylic acids is 2. The number of hydrogen-bond acceptors (Lipinski definition) is 3. The van der Waals surface area contributed by atoms with Crippen molar-refractivity contribution in [2.75, 3.05) is 6.54 Å². The summed E-state index contributed by atoms with van der Waals surface area (Å²) in [6.07, 6.45) is 3.95. The highest BCUT2D eigenvalue weighted by molar-refractivity contribution is 5.78. The first kappa shape index (κ1) is 9.65. The van der Waals surface area contributed by atoms with Gasteiger partial charge in [0.15, 0.2) is 0 Å². The number of hydroxylamine groups is 2. The van der Waals surface area contributed by atoms with Crippen LogP contribution in [0.3, 0.4) is 0 Å². The molecule has 0 aromatic rings. The normalized spacial score (nSPS) is 32.4. The number of nitrogens with zero attached hydrogens (tertiary/aromatic N) is 1.